The molecule has 3 N–H and O–H groups in total. The average Bonchev–Trinajstić information content (AvgIpc) is 3.42. The summed E-state index contributed by atoms with van der Waals surface area (Å²) in [7, 11) is 2.13. The molecule has 33 heavy (non-hydrogen) atoms. The third-order valence-corrected chi connectivity index (χ3v) is 6.58. The number of hydrogen-bond acceptors (Lipinski definition) is 5. The van der Waals surface area contributed by atoms with E-state index in [1.165, 1.54) is 0 Å². The molecule has 9 heteroatoms. The normalized spacial score (nSPS) is 15.2. The van der Waals surface area contributed by atoms with E-state index in [2.05, 4.69) is 37.8 Å². The molecule has 0 spiro atoms. The molecule has 0 bridgehead atoms. The molecule has 0 saturated carbocycles. The van der Waals surface area contributed by atoms with E-state index in [1.807, 2.05) is 47.9 Å². The number of benzene rings is 2. The maximum absolute atomic E-state index is 12.2. The Bertz CT molecular complexity index is 1340. The number of aromatic amines is 1. The maximum atomic E-state index is 12.2. The summed E-state index contributed by atoms with van der Waals surface area (Å²) in [6.45, 7) is 4.03. The number of rotatable bonds is 5. The average molecular weight is 509 g/mol. The van der Waals surface area contributed by atoms with Gasteiger partial charge in [0.1, 0.15) is 29.4 Å². The lowest BCUT2D eigenvalue weighted by molar-refractivity contribution is 0.0996. The summed E-state index contributed by atoms with van der Waals surface area (Å²) < 4.78 is 9.11. The van der Waals surface area contributed by atoms with Gasteiger partial charge in [0, 0.05) is 17.6 Å². The number of halogens is 1. The van der Waals surface area contributed by atoms with Gasteiger partial charge in [0.15, 0.2) is 11.5 Å². The summed E-state index contributed by atoms with van der Waals surface area (Å²) in [6, 6.07) is 11.8. The largest absolute Gasteiger partial charge is 0.488 e. The molecule has 2 aromatic heterocycles. The molecule has 1 aliphatic rings. The van der Waals surface area contributed by atoms with Gasteiger partial charge in [0.05, 0.1) is 11.2 Å². The minimum absolute atomic E-state index is 0.156. The van der Waals surface area contributed by atoms with Crippen LogP contribution in [0.3, 0.4) is 0 Å². The van der Waals surface area contributed by atoms with Crippen molar-refractivity contribution in [1.29, 1.82) is 0 Å². The molecule has 0 atom stereocenters. The summed E-state index contributed by atoms with van der Waals surface area (Å²) in [4.78, 5) is 27.0. The second kappa shape index (κ2) is 8.64. The highest BCUT2D eigenvalue weighted by Gasteiger charge is 2.24. The number of para-hydroxylation sites is 1. The third-order valence-electron chi connectivity index (χ3n) is 6.09. The molecule has 170 valence electrons. The van der Waals surface area contributed by atoms with Crippen molar-refractivity contribution in [2.24, 2.45) is 5.73 Å². The van der Waals surface area contributed by atoms with Crippen LogP contribution in [0.2, 0.25) is 0 Å². The van der Waals surface area contributed by atoms with Crippen LogP contribution in [0.25, 0.3) is 28.2 Å². The molecular formula is C24H25BrN6O2. The molecule has 1 amide bonds. The second-order valence-corrected chi connectivity index (χ2v) is 9.38. The monoisotopic (exact) mass is 508 g/mol. The highest BCUT2D eigenvalue weighted by Crippen LogP contribution is 2.32. The van der Waals surface area contributed by atoms with E-state index in [1.54, 1.807) is 6.33 Å². The molecule has 3 heterocycles. The SMILES string of the molecule is Cc1ccc(Br)cc1-n1cnc(C(N)=O)c1-c1nc2c(OC3CCN(C)CC3)cccc2[nH]1. The van der Waals surface area contributed by atoms with Gasteiger partial charge in [0.25, 0.3) is 5.91 Å². The standard InChI is InChI=1S/C24H25BrN6O2/c1-14-6-7-15(25)12-18(14)31-13-27-21(23(26)32)22(31)24-28-17-4-3-5-19(20(17)29-24)33-16-8-10-30(2)11-9-16/h3-7,12-13,16H,8-11H2,1-2H3,(H2,26,32)(H,28,29). The van der Waals surface area contributed by atoms with Crippen molar-refractivity contribution in [3.63, 3.8) is 0 Å². The maximum Gasteiger partial charge on any atom is 0.269 e. The van der Waals surface area contributed by atoms with Gasteiger partial charge in [-0.05, 0) is 56.6 Å². The van der Waals surface area contributed by atoms with E-state index in [0.717, 1.165) is 58.4 Å². The van der Waals surface area contributed by atoms with Gasteiger partial charge in [-0.25, -0.2) is 9.97 Å². The van der Waals surface area contributed by atoms with Gasteiger partial charge in [-0.1, -0.05) is 28.1 Å². The van der Waals surface area contributed by atoms with Crippen LogP contribution in [0.1, 0.15) is 28.9 Å². The van der Waals surface area contributed by atoms with Crippen molar-refractivity contribution in [1.82, 2.24) is 24.4 Å². The molecular weight excluding hydrogens is 484 g/mol. The summed E-state index contributed by atoms with van der Waals surface area (Å²) >= 11 is 3.53. The number of ether oxygens (including phenoxy) is 1. The van der Waals surface area contributed by atoms with E-state index in [0.29, 0.717) is 11.5 Å². The predicted molar refractivity (Wildman–Crippen MR) is 131 cm³/mol. The van der Waals surface area contributed by atoms with E-state index in [-0.39, 0.29) is 11.8 Å². The topological polar surface area (TPSA) is 102 Å². The molecule has 0 unspecified atom stereocenters. The van der Waals surface area contributed by atoms with Gasteiger partial charge in [-0.2, -0.15) is 0 Å². The van der Waals surface area contributed by atoms with Crippen LogP contribution in [0, 0.1) is 6.92 Å². The summed E-state index contributed by atoms with van der Waals surface area (Å²) in [6.07, 6.45) is 3.71. The number of imidazole rings is 2. The Balaban J connectivity index is 1.60. The Morgan fingerprint density at radius 2 is 2.03 bits per heavy atom. The number of aryl methyl sites for hydroxylation is 1. The van der Waals surface area contributed by atoms with Gasteiger partial charge < -0.3 is 20.4 Å². The lowest BCUT2D eigenvalue weighted by Crippen LogP contribution is -2.35. The highest BCUT2D eigenvalue weighted by molar-refractivity contribution is 9.10. The number of carbonyl (C=O) groups is 1. The minimum atomic E-state index is -0.611. The van der Waals surface area contributed by atoms with Gasteiger partial charge in [0.2, 0.25) is 0 Å². The predicted octanol–water partition coefficient (Wildman–Crippen LogP) is 4.06. The molecule has 5 rings (SSSR count). The lowest BCUT2D eigenvalue weighted by atomic mass is 10.1. The summed E-state index contributed by atoms with van der Waals surface area (Å²) in [5.41, 5.74) is 9.80. The molecule has 0 radical (unpaired) electrons. The zero-order chi connectivity index (χ0) is 23.1. The van der Waals surface area contributed by atoms with Crippen LogP contribution in [0.15, 0.2) is 47.2 Å². The van der Waals surface area contributed by atoms with E-state index in [4.69, 9.17) is 15.5 Å². The first-order chi connectivity index (χ1) is 15.9. The van der Waals surface area contributed by atoms with Crippen molar-refractivity contribution >= 4 is 32.9 Å². The molecule has 1 aliphatic heterocycles. The van der Waals surface area contributed by atoms with Crippen molar-refractivity contribution in [2.45, 2.75) is 25.9 Å². The molecule has 2 aromatic carbocycles. The van der Waals surface area contributed by atoms with Crippen LogP contribution >= 0.6 is 15.9 Å². The first kappa shape index (κ1) is 21.7. The molecule has 4 aromatic rings. The van der Waals surface area contributed by atoms with Crippen molar-refractivity contribution in [2.75, 3.05) is 20.1 Å². The second-order valence-electron chi connectivity index (χ2n) is 8.47. The van der Waals surface area contributed by atoms with Gasteiger partial charge in [-0.3, -0.25) is 9.36 Å². The third kappa shape index (κ3) is 4.14. The first-order valence-corrected chi connectivity index (χ1v) is 11.7. The quantitative estimate of drug-likeness (QED) is 0.423. The number of nitrogens with two attached hydrogens (primary N) is 1. The Morgan fingerprint density at radius 1 is 1.24 bits per heavy atom. The van der Waals surface area contributed by atoms with E-state index < -0.39 is 5.91 Å². The number of nitrogens with one attached hydrogen (secondary N) is 1. The Morgan fingerprint density at radius 3 is 2.79 bits per heavy atom. The number of carbonyl (C=O) groups excluding carboxylic acids is 1. The summed E-state index contributed by atoms with van der Waals surface area (Å²) in [5.74, 6) is 0.629. The van der Waals surface area contributed by atoms with E-state index in [9.17, 15) is 4.79 Å². The number of nitrogens with zero attached hydrogens (tertiary/aromatic N) is 4. The first-order valence-electron chi connectivity index (χ1n) is 10.9. The van der Waals surface area contributed by atoms with Crippen LogP contribution in [0.4, 0.5) is 0 Å². The number of likely N-dealkylation sites (tertiary alicyclic amines) is 1. The summed E-state index contributed by atoms with van der Waals surface area (Å²) in [5, 5.41) is 0. The number of piperidine rings is 1. The number of primary amides is 1. The van der Waals surface area contributed by atoms with Crippen molar-refractivity contribution in [3.8, 4) is 23.0 Å². The van der Waals surface area contributed by atoms with Crippen LogP contribution in [0.5, 0.6) is 5.75 Å². The Kier molecular flexibility index (Phi) is 5.67. The number of amides is 1. The molecule has 8 nitrogen and oxygen atoms in total. The fourth-order valence-electron chi connectivity index (χ4n) is 4.28. The molecule has 0 aliphatic carbocycles. The van der Waals surface area contributed by atoms with Crippen LogP contribution < -0.4 is 10.5 Å². The lowest BCUT2D eigenvalue weighted by Gasteiger charge is -2.29. The zero-order valence-corrected chi connectivity index (χ0v) is 20.1. The van der Waals surface area contributed by atoms with E-state index >= 15 is 0 Å². The number of H-pyrrole nitrogens is 1. The Hall–Kier alpha value is -3.17. The zero-order valence-electron chi connectivity index (χ0n) is 18.5. The van der Waals surface area contributed by atoms with Crippen LogP contribution in [-0.2, 0) is 0 Å². The van der Waals surface area contributed by atoms with Crippen molar-refractivity contribution < 1.29 is 9.53 Å². The fraction of sp³-hybridized carbons (Fsp3) is 0.292. The minimum Gasteiger partial charge on any atom is -0.488 e. The smallest absolute Gasteiger partial charge is 0.269 e. The van der Waals surface area contributed by atoms with Crippen LogP contribution in [-0.4, -0.2) is 56.6 Å². The Labute approximate surface area is 199 Å². The van der Waals surface area contributed by atoms with Gasteiger partial charge >= 0.3 is 0 Å². The van der Waals surface area contributed by atoms with Crippen molar-refractivity contribution in [3.05, 3.63) is 58.5 Å². The highest BCUT2D eigenvalue weighted by atomic mass is 79.9. The number of fused-ring (bicyclic) bond motifs is 1. The molecule has 1 fully saturated rings. The molecule has 1 saturated heterocycles. The number of hydrogen-bond donors (Lipinski definition) is 2. The fourth-order valence-corrected chi connectivity index (χ4v) is 4.62. The number of aromatic nitrogens is 4. The van der Waals surface area contributed by atoms with Gasteiger partial charge in [-0.15, -0.1) is 0 Å².